The number of hydrogen-bond donors (Lipinski definition) is 1. The number of methoxy groups -OCH3 is 1. The van der Waals surface area contributed by atoms with E-state index >= 15 is 0 Å². The van der Waals surface area contributed by atoms with Gasteiger partial charge in [-0.1, -0.05) is 11.6 Å². The Morgan fingerprint density at radius 2 is 2.39 bits per heavy atom. The Bertz CT molecular complexity index is 440. The van der Waals surface area contributed by atoms with Crippen molar-refractivity contribution in [1.82, 2.24) is 0 Å². The van der Waals surface area contributed by atoms with Gasteiger partial charge in [0.05, 0.1) is 12.7 Å². The van der Waals surface area contributed by atoms with Crippen molar-refractivity contribution in [2.75, 3.05) is 13.7 Å². The van der Waals surface area contributed by atoms with Gasteiger partial charge in [-0.05, 0) is 18.2 Å². The molecule has 0 saturated heterocycles. The summed E-state index contributed by atoms with van der Waals surface area (Å²) in [4.78, 5) is 11.0. The Labute approximate surface area is 114 Å². The maximum atomic E-state index is 11.0. The first-order chi connectivity index (χ1) is 8.67. The van der Waals surface area contributed by atoms with Gasteiger partial charge in [0, 0.05) is 16.3 Å². The van der Waals surface area contributed by atoms with Crippen molar-refractivity contribution in [1.29, 1.82) is 0 Å². The lowest BCUT2D eigenvalue weighted by Crippen LogP contribution is -2.13. The molecule has 0 aliphatic heterocycles. The van der Waals surface area contributed by atoms with Crippen LogP contribution in [-0.4, -0.2) is 25.2 Å². The van der Waals surface area contributed by atoms with E-state index in [4.69, 9.17) is 22.2 Å². The quantitative estimate of drug-likeness (QED) is 0.285. The summed E-state index contributed by atoms with van der Waals surface area (Å²) in [6.07, 6.45) is 0. The van der Waals surface area contributed by atoms with Crippen LogP contribution in [0, 0.1) is 0 Å². The first-order valence-corrected chi connectivity index (χ1v) is 6.41. The smallest absolute Gasteiger partial charge is 0.343 e. The molecule has 18 heavy (non-hydrogen) atoms. The summed E-state index contributed by atoms with van der Waals surface area (Å²) >= 11 is 7.30. The lowest BCUT2D eigenvalue weighted by molar-refractivity contribution is -0.142. The molecule has 0 heterocycles. The van der Waals surface area contributed by atoms with Gasteiger partial charge in [0.2, 0.25) is 0 Å². The first-order valence-electron chi connectivity index (χ1n) is 4.98. The number of hydrazone groups is 1. The molecule has 0 aromatic heterocycles. The third kappa shape index (κ3) is 4.85. The molecule has 0 amide bonds. The Hall–Kier alpha value is -1.40. The van der Waals surface area contributed by atoms with E-state index < -0.39 is 5.97 Å². The Kier molecular flexibility index (Phi) is 6.38. The van der Waals surface area contributed by atoms with Gasteiger partial charge >= 0.3 is 5.97 Å². The molecule has 0 spiro atoms. The van der Waals surface area contributed by atoms with E-state index in [2.05, 4.69) is 9.84 Å². The number of esters is 1. The number of carbonyl (C=O) groups excluding carboxylic acids is 1. The summed E-state index contributed by atoms with van der Waals surface area (Å²) in [6.45, 7) is -0.138. The highest BCUT2D eigenvalue weighted by Crippen LogP contribution is 2.26. The molecule has 0 aliphatic rings. The van der Waals surface area contributed by atoms with Crippen LogP contribution in [0.2, 0.25) is 5.02 Å². The van der Waals surface area contributed by atoms with Crippen LogP contribution in [0.5, 0.6) is 5.75 Å². The van der Waals surface area contributed by atoms with Crippen LogP contribution in [0.15, 0.2) is 23.3 Å². The zero-order valence-electron chi connectivity index (χ0n) is 9.76. The third-order valence-corrected chi connectivity index (χ3v) is 2.95. The molecule has 0 bridgehead atoms. The predicted molar refractivity (Wildman–Crippen MR) is 72.9 cm³/mol. The summed E-state index contributed by atoms with van der Waals surface area (Å²) in [5.41, 5.74) is 2.38. The van der Waals surface area contributed by atoms with Gasteiger partial charge in [-0.15, -0.1) is 11.8 Å². The zero-order chi connectivity index (χ0) is 13.4. The van der Waals surface area contributed by atoms with Gasteiger partial charge in [-0.3, -0.25) is 0 Å². The molecule has 1 aromatic carbocycles. The van der Waals surface area contributed by atoms with Gasteiger partial charge in [-0.2, -0.15) is 5.10 Å². The fourth-order valence-corrected chi connectivity index (χ4v) is 1.93. The van der Waals surface area contributed by atoms with Gasteiger partial charge < -0.3 is 15.3 Å². The van der Waals surface area contributed by atoms with Crippen molar-refractivity contribution < 1.29 is 14.3 Å². The van der Waals surface area contributed by atoms with Crippen molar-refractivity contribution in [2.24, 2.45) is 10.9 Å². The number of thioether (sulfide) groups is 1. The van der Waals surface area contributed by atoms with Crippen molar-refractivity contribution in [2.45, 2.75) is 5.75 Å². The van der Waals surface area contributed by atoms with Crippen LogP contribution in [-0.2, 0) is 15.3 Å². The van der Waals surface area contributed by atoms with Crippen molar-refractivity contribution in [3.63, 3.8) is 0 Å². The maximum absolute atomic E-state index is 11.0. The lowest BCUT2D eigenvalue weighted by Gasteiger charge is -2.10. The average Bonchev–Trinajstić information content (AvgIpc) is 2.37. The van der Waals surface area contributed by atoms with Crippen molar-refractivity contribution >= 4 is 34.9 Å². The summed E-state index contributed by atoms with van der Waals surface area (Å²) in [5.74, 6) is 5.75. The minimum Gasteiger partial charge on any atom is -0.482 e. The van der Waals surface area contributed by atoms with E-state index in [1.807, 2.05) is 0 Å². The Morgan fingerprint density at radius 1 is 1.61 bits per heavy atom. The maximum Gasteiger partial charge on any atom is 0.343 e. The molecule has 0 atom stereocenters. The number of halogens is 1. The normalized spacial score (nSPS) is 10.6. The second-order valence-corrected chi connectivity index (χ2v) is 4.45. The van der Waals surface area contributed by atoms with E-state index in [1.54, 1.807) is 18.2 Å². The summed E-state index contributed by atoms with van der Waals surface area (Å²) < 4.78 is 9.85. The van der Waals surface area contributed by atoms with E-state index in [9.17, 15) is 4.79 Å². The molecule has 1 aromatic rings. The fourth-order valence-electron chi connectivity index (χ4n) is 1.17. The molecule has 0 unspecified atom stereocenters. The SMILES string of the molecule is COC(=O)COc1ccc(Cl)cc1CSC=NN. The number of hydrogen-bond acceptors (Lipinski definition) is 6. The highest BCUT2D eigenvalue weighted by Gasteiger charge is 2.07. The van der Waals surface area contributed by atoms with Gasteiger partial charge in [-0.25, -0.2) is 4.79 Å². The summed E-state index contributed by atoms with van der Waals surface area (Å²) in [6, 6.07) is 5.17. The second kappa shape index (κ2) is 7.84. The van der Waals surface area contributed by atoms with E-state index in [0.29, 0.717) is 16.5 Å². The molecule has 7 heteroatoms. The third-order valence-electron chi connectivity index (χ3n) is 1.97. The number of ether oxygens (including phenoxy) is 2. The predicted octanol–water partition coefficient (Wildman–Crippen LogP) is 2.03. The summed E-state index contributed by atoms with van der Waals surface area (Å²) in [7, 11) is 1.31. The molecule has 2 N–H and O–H groups in total. The summed E-state index contributed by atoms with van der Waals surface area (Å²) in [5, 5.41) is 3.98. The highest BCUT2D eigenvalue weighted by atomic mass is 35.5. The molecule has 5 nitrogen and oxygen atoms in total. The van der Waals surface area contributed by atoms with Gasteiger partial charge in [0.15, 0.2) is 6.61 Å². The van der Waals surface area contributed by atoms with Crippen LogP contribution in [0.4, 0.5) is 0 Å². The van der Waals surface area contributed by atoms with Crippen molar-refractivity contribution in [3.05, 3.63) is 28.8 Å². The topological polar surface area (TPSA) is 73.9 Å². The first kappa shape index (κ1) is 14.7. The average molecular weight is 289 g/mol. The van der Waals surface area contributed by atoms with E-state index in [-0.39, 0.29) is 6.61 Å². The van der Waals surface area contributed by atoms with Crippen LogP contribution in [0.1, 0.15) is 5.56 Å². The molecule has 1 rings (SSSR count). The van der Waals surface area contributed by atoms with Gasteiger partial charge in [0.25, 0.3) is 0 Å². The Balaban J connectivity index is 2.72. The van der Waals surface area contributed by atoms with Crippen LogP contribution in [0.25, 0.3) is 0 Å². The largest absolute Gasteiger partial charge is 0.482 e. The molecule has 98 valence electrons. The van der Waals surface area contributed by atoms with Crippen LogP contribution < -0.4 is 10.6 Å². The number of rotatable bonds is 6. The number of nitrogens with zero attached hydrogens (tertiary/aromatic N) is 1. The second-order valence-electron chi connectivity index (χ2n) is 3.18. The number of benzene rings is 1. The molecular weight excluding hydrogens is 276 g/mol. The molecule has 0 radical (unpaired) electrons. The fraction of sp³-hybridized carbons (Fsp3) is 0.273. The molecular formula is C11H13ClN2O3S. The van der Waals surface area contributed by atoms with Crippen LogP contribution in [0.3, 0.4) is 0 Å². The minimum atomic E-state index is -0.438. The van der Waals surface area contributed by atoms with Crippen LogP contribution >= 0.6 is 23.4 Å². The van der Waals surface area contributed by atoms with E-state index in [1.165, 1.54) is 24.4 Å². The Morgan fingerprint density at radius 3 is 3.06 bits per heavy atom. The zero-order valence-corrected chi connectivity index (χ0v) is 11.3. The lowest BCUT2D eigenvalue weighted by atomic mass is 10.2. The number of carbonyl (C=O) groups is 1. The molecule has 0 fully saturated rings. The monoisotopic (exact) mass is 288 g/mol. The molecule has 0 aliphatic carbocycles. The van der Waals surface area contributed by atoms with Gasteiger partial charge in [0.1, 0.15) is 5.75 Å². The van der Waals surface area contributed by atoms with E-state index in [0.717, 1.165) is 5.56 Å². The minimum absolute atomic E-state index is 0.138. The van der Waals surface area contributed by atoms with Crippen molar-refractivity contribution in [3.8, 4) is 5.75 Å². The number of nitrogens with two attached hydrogens (primary N) is 1. The molecule has 0 saturated carbocycles. The standard InChI is InChI=1S/C11H13ClN2O3S/c1-16-11(15)5-17-10-3-2-9(12)4-8(10)6-18-7-14-13/h2-4,7H,5-6,13H2,1H3. The highest BCUT2D eigenvalue weighted by molar-refractivity contribution is 8.11.